The van der Waals surface area contributed by atoms with Crippen LogP contribution in [-0.2, 0) is 17.9 Å². The molecule has 24 heavy (non-hydrogen) atoms. The summed E-state index contributed by atoms with van der Waals surface area (Å²) in [5.74, 6) is 0.00524. The molecule has 0 saturated heterocycles. The van der Waals surface area contributed by atoms with Crippen LogP contribution in [0, 0.1) is 0 Å². The summed E-state index contributed by atoms with van der Waals surface area (Å²) in [7, 11) is 1.85. The van der Waals surface area contributed by atoms with Crippen LogP contribution in [0.1, 0.15) is 39.8 Å². The van der Waals surface area contributed by atoms with E-state index in [9.17, 15) is 4.79 Å². The first-order valence-corrected chi connectivity index (χ1v) is 8.77. The molecule has 0 aliphatic heterocycles. The second-order valence-corrected chi connectivity index (χ2v) is 5.85. The number of rotatable bonds is 11. The van der Waals surface area contributed by atoms with Crippen molar-refractivity contribution >= 4 is 5.91 Å². The van der Waals surface area contributed by atoms with E-state index in [0.29, 0.717) is 32.2 Å². The number of carbonyl (C=O) groups excluding carboxylic acids is 1. The van der Waals surface area contributed by atoms with Gasteiger partial charge < -0.3 is 21.3 Å². The lowest BCUT2D eigenvalue weighted by molar-refractivity contribution is -0.120. The highest BCUT2D eigenvalue weighted by molar-refractivity contribution is 5.77. The maximum atomic E-state index is 11.4. The molecular formula is C16H35N7O. The molecule has 0 aromatic carbocycles. The molecule has 0 bridgehead atoms. The lowest BCUT2D eigenvalue weighted by Crippen LogP contribution is -2.38. The lowest BCUT2D eigenvalue weighted by atomic mass is 10.3. The Bertz CT molecular complexity index is 420. The first-order valence-electron chi connectivity index (χ1n) is 8.77. The Labute approximate surface area is 146 Å². The van der Waals surface area contributed by atoms with Crippen LogP contribution in [-0.4, -0.2) is 60.2 Å². The smallest absolute Gasteiger partial charge is 0.234 e. The van der Waals surface area contributed by atoms with Crippen molar-refractivity contribution in [1.29, 1.82) is 0 Å². The molecular weight excluding hydrogens is 306 g/mol. The summed E-state index contributed by atoms with van der Waals surface area (Å²) in [6.45, 7) is 12.3. The van der Waals surface area contributed by atoms with Crippen molar-refractivity contribution in [3.05, 3.63) is 11.9 Å². The van der Waals surface area contributed by atoms with E-state index in [0.717, 1.165) is 18.8 Å². The summed E-state index contributed by atoms with van der Waals surface area (Å²) in [6.07, 6.45) is 3.17. The van der Waals surface area contributed by atoms with Crippen LogP contribution in [0.5, 0.6) is 0 Å². The average molecular weight is 342 g/mol. The molecule has 140 valence electrons. The molecule has 1 aromatic heterocycles. The third-order valence-corrected chi connectivity index (χ3v) is 2.78. The van der Waals surface area contributed by atoms with Crippen molar-refractivity contribution in [3.8, 4) is 0 Å². The molecule has 4 N–H and O–H groups in total. The van der Waals surface area contributed by atoms with Crippen molar-refractivity contribution < 1.29 is 4.79 Å². The highest BCUT2D eigenvalue weighted by Gasteiger charge is 2.02. The molecule has 8 heteroatoms. The second-order valence-electron chi connectivity index (χ2n) is 5.85. The topological polar surface area (TPSA) is 95.9 Å². The molecule has 0 atom stereocenters. The molecule has 0 radical (unpaired) electrons. The van der Waals surface area contributed by atoms with E-state index in [1.807, 2.05) is 13.2 Å². The Balaban J connectivity index is 0.00000163. The van der Waals surface area contributed by atoms with E-state index in [1.165, 1.54) is 6.42 Å². The molecule has 8 nitrogen and oxygen atoms in total. The van der Waals surface area contributed by atoms with Crippen molar-refractivity contribution in [2.24, 2.45) is 0 Å². The molecule has 1 amide bonds. The van der Waals surface area contributed by atoms with Gasteiger partial charge in [-0.05, 0) is 7.05 Å². The quantitative estimate of drug-likeness (QED) is 0.427. The highest BCUT2D eigenvalue weighted by atomic mass is 16.1. The molecule has 0 fully saturated rings. The minimum atomic E-state index is 0.00524. The summed E-state index contributed by atoms with van der Waals surface area (Å²) < 4.78 is 1.78. The predicted octanol–water partition coefficient (Wildman–Crippen LogP) is 0.118. The van der Waals surface area contributed by atoms with Gasteiger partial charge in [-0.3, -0.25) is 9.48 Å². The molecule has 1 rings (SSSR count). The highest BCUT2D eigenvalue weighted by Crippen LogP contribution is 1.93. The van der Waals surface area contributed by atoms with Gasteiger partial charge in [0.05, 0.1) is 18.8 Å². The van der Waals surface area contributed by atoms with Gasteiger partial charge in [0.15, 0.2) is 0 Å². The van der Waals surface area contributed by atoms with E-state index in [2.05, 4.69) is 59.3 Å². The minimum Gasteiger partial charge on any atom is -0.354 e. The predicted molar refractivity (Wildman–Crippen MR) is 97.8 cm³/mol. The van der Waals surface area contributed by atoms with Crippen molar-refractivity contribution in [1.82, 2.24) is 36.3 Å². The Morgan fingerprint density at radius 2 is 1.96 bits per heavy atom. The Morgan fingerprint density at radius 1 is 1.25 bits per heavy atom. The van der Waals surface area contributed by atoms with Crippen LogP contribution in [0.2, 0.25) is 0 Å². The van der Waals surface area contributed by atoms with Gasteiger partial charge in [-0.15, -0.1) is 5.10 Å². The molecule has 0 aliphatic carbocycles. The number of nitrogens with one attached hydrogen (secondary N) is 4. The summed E-state index contributed by atoms with van der Waals surface area (Å²) in [5.41, 5.74) is 0.925. The minimum absolute atomic E-state index is 0.00524. The normalized spacial score (nSPS) is 10.4. The van der Waals surface area contributed by atoms with Gasteiger partial charge in [-0.25, -0.2) is 0 Å². The molecule has 1 heterocycles. The van der Waals surface area contributed by atoms with Gasteiger partial charge in [-0.2, -0.15) is 0 Å². The third-order valence-electron chi connectivity index (χ3n) is 2.78. The Morgan fingerprint density at radius 3 is 2.58 bits per heavy atom. The number of carbonyl (C=O) groups is 1. The number of aromatic nitrogens is 3. The van der Waals surface area contributed by atoms with Gasteiger partial charge in [0.1, 0.15) is 0 Å². The number of hydrogen-bond donors (Lipinski definition) is 4. The monoisotopic (exact) mass is 341 g/mol. The standard InChI is InChI=1S/C13H27N7O.C3H8/c1-11(2)17-8-12-10-20(19-18-12)7-6-15-9-13(21)16-5-4-14-3;1-3-2/h10-11,14-15,17H,4-9H2,1-3H3,(H,16,21);3H2,1-2H3. The fraction of sp³-hybridized carbons (Fsp3) is 0.812. The molecule has 0 aliphatic rings. The summed E-state index contributed by atoms with van der Waals surface area (Å²) in [6, 6.07) is 0.429. The number of nitrogens with zero attached hydrogens (tertiary/aromatic N) is 3. The lowest BCUT2D eigenvalue weighted by Gasteiger charge is -2.06. The van der Waals surface area contributed by atoms with Crippen LogP contribution < -0.4 is 21.3 Å². The summed E-state index contributed by atoms with van der Waals surface area (Å²) >= 11 is 0. The zero-order valence-electron chi connectivity index (χ0n) is 15.9. The van der Waals surface area contributed by atoms with Crippen LogP contribution >= 0.6 is 0 Å². The zero-order valence-corrected chi connectivity index (χ0v) is 15.9. The first-order chi connectivity index (χ1) is 11.5. The van der Waals surface area contributed by atoms with Crippen LogP contribution in [0.3, 0.4) is 0 Å². The van der Waals surface area contributed by atoms with E-state index in [-0.39, 0.29) is 5.91 Å². The molecule has 0 saturated carbocycles. The molecule has 0 unspecified atom stereocenters. The van der Waals surface area contributed by atoms with Gasteiger partial charge in [0, 0.05) is 38.4 Å². The van der Waals surface area contributed by atoms with Crippen LogP contribution in [0.25, 0.3) is 0 Å². The maximum absolute atomic E-state index is 11.4. The van der Waals surface area contributed by atoms with Gasteiger partial charge in [0.25, 0.3) is 0 Å². The van der Waals surface area contributed by atoms with Crippen molar-refractivity contribution in [3.63, 3.8) is 0 Å². The van der Waals surface area contributed by atoms with Gasteiger partial charge in [0.2, 0.25) is 5.91 Å². The largest absolute Gasteiger partial charge is 0.354 e. The van der Waals surface area contributed by atoms with Gasteiger partial charge >= 0.3 is 0 Å². The van der Waals surface area contributed by atoms with Gasteiger partial charge in [-0.1, -0.05) is 39.3 Å². The van der Waals surface area contributed by atoms with E-state index in [1.54, 1.807) is 4.68 Å². The summed E-state index contributed by atoms with van der Waals surface area (Å²) in [4.78, 5) is 11.4. The number of hydrogen-bond acceptors (Lipinski definition) is 6. The van der Waals surface area contributed by atoms with E-state index >= 15 is 0 Å². The number of likely N-dealkylation sites (N-methyl/N-ethyl adjacent to an activating group) is 1. The maximum Gasteiger partial charge on any atom is 0.234 e. The molecule has 1 aromatic rings. The summed E-state index contributed by atoms with van der Waals surface area (Å²) in [5, 5.41) is 20.3. The third kappa shape index (κ3) is 13.0. The second kappa shape index (κ2) is 15.0. The van der Waals surface area contributed by atoms with Crippen molar-refractivity contribution in [2.45, 2.75) is 53.2 Å². The first kappa shape index (κ1) is 22.5. The zero-order chi connectivity index (χ0) is 18.2. The van der Waals surface area contributed by atoms with Crippen LogP contribution in [0.4, 0.5) is 0 Å². The van der Waals surface area contributed by atoms with E-state index in [4.69, 9.17) is 0 Å². The fourth-order valence-corrected chi connectivity index (χ4v) is 1.62. The fourth-order valence-electron chi connectivity index (χ4n) is 1.62. The Kier molecular flexibility index (Phi) is 14.1. The van der Waals surface area contributed by atoms with Crippen molar-refractivity contribution in [2.75, 3.05) is 33.2 Å². The Hall–Kier alpha value is -1.51. The van der Waals surface area contributed by atoms with E-state index < -0.39 is 0 Å². The SMILES string of the molecule is CCC.CNCCNC(=O)CNCCn1cc(CNC(C)C)nn1. The number of amides is 1. The van der Waals surface area contributed by atoms with Crippen LogP contribution in [0.15, 0.2) is 6.20 Å². The molecule has 0 spiro atoms. The average Bonchev–Trinajstić information content (AvgIpc) is 2.98.